The molecule has 0 aliphatic heterocycles. The largest absolute Gasteiger partial charge is 0.301 e. The molecule has 1 saturated carbocycles. The second-order valence-electron chi connectivity index (χ2n) is 4.80. The minimum Gasteiger partial charge on any atom is -0.301 e. The molecule has 110 valence electrons. The van der Waals surface area contributed by atoms with E-state index in [1.807, 2.05) is 24.3 Å². The number of carbonyl (C=O) groups excluding carboxylic acids is 1. The summed E-state index contributed by atoms with van der Waals surface area (Å²) >= 11 is 6.66. The van der Waals surface area contributed by atoms with Crippen LogP contribution in [-0.4, -0.2) is 21.9 Å². The Morgan fingerprint density at radius 2 is 2.19 bits per heavy atom. The van der Waals surface area contributed by atoms with Crippen LogP contribution in [-0.2, 0) is 4.79 Å². The summed E-state index contributed by atoms with van der Waals surface area (Å²) in [5, 5.41) is 12.6. The summed E-state index contributed by atoms with van der Waals surface area (Å²) in [5.41, 5.74) is 0. The normalized spacial score (nSPS) is 14.1. The Labute approximate surface area is 139 Å². The summed E-state index contributed by atoms with van der Waals surface area (Å²) in [5.74, 6) is 1.31. The maximum absolute atomic E-state index is 11.9. The van der Waals surface area contributed by atoms with Gasteiger partial charge in [0.15, 0.2) is 0 Å². The number of halogens is 1. The molecule has 1 aliphatic rings. The monoisotopic (exact) mass is 383 g/mol. The molecule has 1 aromatic heterocycles. The average molecular weight is 384 g/mol. The zero-order chi connectivity index (χ0) is 14.7. The Bertz CT molecular complexity index is 643. The van der Waals surface area contributed by atoms with E-state index < -0.39 is 0 Å². The van der Waals surface area contributed by atoms with Gasteiger partial charge in [0.05, 0.1) is 0 Å². The van der Waals surface area contributed by atoms with Crippen LogP contribution in [0.25, 0.3) is 0 Å². The molecule has 0 saturated heterocycles. The summed E-state index contributed by atoms with van der Waals surface area (Å²) in [6, 6.07) is 8.02. The van der Waals surface area contributed by atoms with E-state index in [4.69, 9.17) is 0 Å². The lowest BCUT2D eigenvalue weighted by molar-refractivity contribution is -0.115. The SMILES string of the molecule is O=C(CCSc1ccccc1Br)Nc1nnc(C2CC2)s1. The van der Waals surface area contributed by atoms with Crippen molar-refractivity contribution in [3.8, 4) is 0 Å². The lowest BCUT2D eigenvalue weighted by Gasteiger charge is -2.03. The van der Waals surface area contributed by atoms with Crippen molar-refractivity contribution in [3.05, 3.63) is 33.7 Å². The standard InChI is InChI=1S/C14H14BrN3OS2/c15-10-3-1-2-4-11(10)20-8-7-12(19)16-14-18-17-13(21-14)9-5-6-9/h1-4,9H,5-8H2,(H,16,18,19). The number of aromatic nitrogens is 2. The molecule has 21 heavy (non-hydrogen) atoms. The number of carbonyl (C=O) groups is 1. The van der Waals surface area contributed by atoms with Crippen molar-refractivity contribution in [3.63, 3.8) is 0 Å². The molecule has 1 heterocycles. The number of thioether (sulfide) groups is 1. The second-order valence-corrected chi connectivity index (χ2v) is 7.80. The Morgan fingerprint density at radius 3 is 2.95 bits per heavy atom. The van der Waals surface area contributed by atoms with Gasteiger partial charge in [0.2, 0.25) is 11.0 Å². The summed E-state index contributed by atoms with van der Waals surface area (Å²) in [7, 11) is 0. The molecular weight excluding hydrogens is 370 g/mol. The van der Waals surface area contributed by atoms with Crippen molar-refractivity contribution in [2.45, 2.75) is 30.1 Å². The number of hydrogen-bond donors (Lipinski definition) is 1. The first kappa shape index (κ1) is 15.0. The van der Waals surface area contributed by atoms with Gasteiger partial charge in [0, 0.05) is 27.5 Å². The van der Waals surface area contributed by atoms with E-state index in [0.717, 1.165) is 20.1 Å². The third-order valence-electron chi connectivity index (χ3n) is 3.04. The van der Waals surface area contributed by atoms with Gasteiger partial charge in [-0.05, 0) is 40.9 Å². The Kier molecular flexibility index (Phi) is 4.92. The molecule has 0 spiro atoms. The van der Waals surface area contributed by atoms with Crippen molar-refractivity contribution < 1.29 is 4.79 Å². The lowest BCUT2D eigenvalue weighted by atomic mass is 10.4. The highest BCUT2D eigenvalue weighted by atomic mass is 79.9. The van der Waals surface area contributed by atoms with E-state index in [1.165, 1.54) is 24.2 Å². The van der Waals surface area contributed by atoms with Gasteiger partial charge in [0.1, 0.15) is 5.01 Å². The molecule has 0 atom stereocenters. The van der Waals surface area contributed by atoms with Crippen molar-refractivity contribution in [2.75, 3.05) is 11.1 Å². The third kappa shape index (κ3) is 4.28. The Balaban J connectivity index is 1.44. The van der Waals surface area contributed by atoms with Crippen LogP contribution in [0.3, 0.4) is 0 Å². The van der Waals surface area contributed by atoms with Crippen LogP contribution in [0.2, 0.25) is 0 Å². The van der Waals surface area contributed by atoms with Gasteiger partial charge in [-0.25, -0.2) is 0 Å². The van der Waals surface area contributed by atoms with E-state index in [-0.39, 0.29) is 5.91 Å². The van der Waals surface area contributed by atoms with E-state index in [2.05, 4.69) is 31.4 Å². The highest BCUT2D eigenvalue weighted by Crippen LogP contribution is 2.42. The van der Waals surface area contributed by atoms with Crippen molar-refractivity contribution in [1.82, 2.24) is 10.2 Å². The van der Waals surface area contributed by atoms with Gasteiger partial charge >= 0.3 is 0 Å². The van der Waals surface area contributed by atoms with Crippen molar-refractivity contribution in [1.29, 1.82) is 0 Å². The maximum Gasteiger partial charge on any atom is 0.227 e. The summed E-state index contributed by atoms with van der Waals surface area (Å²) in [4.78, 5) is 13.0. The number of nitrogens with one attached hydrogen (secondary N) is 1. The van der Waals surface area contributed by atoms with Crippen LogP contribution in [0.15, 0.2) is 33.6 Å². The van der Waals surface area contributed by atoms with E-state index in [9.17, 15) is 4.79 Å². The smallest absolute Gasteiger partial charge is 0.227 e. The number of benzene rings is 1. The maximum atomic E-state index is 11.9. The minimum absolute atomic E-state index is 0.00643. The molecule has 4 nitrogen and oxygen atoms in total. The number of rotatable bonds is 6. The fourth-order valence-electron chi connectivity index (χ4n) is 1.78. The fourth-order valence-corrected chi connectivity index (χ4v) is 4.22. The summed E-state index contributed by atoms with van der Waals surface area (Å²) < 4.78 is 1.06. The molecule has 2 aromatic rings. The zero-order valence-electron chi connectivity index (χ0n) is 11.2. The van der Waals surface area contributed by atoms with Crippen LogP contribution in [0.4, 0.5) is 5.13 Å². The number of anilines is 1. The van der Waals surface area contributed by atoms with Crippen molar-refractivity contribution >= 4 is 50.1 Å². The minimum atomic E-state index is -0.00643. The van der Waals surface area contributed by atoms with E-state index in [0.29, 0.717) is 17.5 Å². The molecule has 0 unspecified atom stereocenters. The van der Waals surface area contributed by atoms with Crippen LogP contribution < -0.4 is 5.32 Å². The molecule has 0 radical (unpaired) electrons. The molecule has 7 heteroatoms. The lowest BCUT2D eigenvalue weighted by Crippen LogP contribution is -2.11. The van der Waals surface area contributed by atoms with E-state index in [1.54, 1.807) is 11.8 Å². The molecule has 0 bridgehead atoms. The number of hydrogen-bond acceptors (Lipinski definition) is 5. The van der Waals surface area contributed by atoms with Crippen LogP contribution in [0, 0.1) is 0 Å². The summed E-state index contributed by atoms with van der Waals surface area (Å²) in [6.07, 6.45) is 2.86. The molecule has 1 aliphatic carbocycles. The van der Waals surface area contributed by atoms with Crippen LogP contribution in [0.1, 0.15) is 30.2 Å². The summed E-state index contributed by atoms with van der Waals surface area (Å²) in [6.45, 7) is 0. The first-order chi connectivity index (χ1) is 10.2. The van der Waals surface area contributed by atoms with Gasteiger partial charge in [-0.15, -0.1) is 22.0 Å². The van der Waals surface area contributed by atoms with Crippen LogP contribution in [0.5, 0.6) is 0 Å². The third-order valence-corrected chi connectivity index (χ3v) is 6.07. The second kappa shape index (κ2) is 6.89. The molecular formula is C14H14BrN3OS2. The molecule has 1 aromatic carbocycles. The van der Waals surface area contributed by atoms with Crippen LogP contribution >= 0.6 is 39.0 Å². The number of amides is 1. The zero-order valence-corrected chi connectivity index (χ0v) is 14.4. The fraction of sp³-hybridized carbons (Fsp3) is 0.357. The topological polar surface area (TPSA) is 54.9 Å². The van der Waals surface area contributed by atoms with Gasteiger partial charge in [-0.1, -0.05) is 23.5 Å². The highest BCUT2D eigenvalue weighted by molar-refractivity contribution is 9.10. The van der Waals surface area contributed by atoms with Gasteiger partial charge in [-0.2, -0.15) is 0 Å². The Hall–Kier alpha value is -0.920. The molecule has 1 N–H and O–H groups in total. The first-order valence-corrected chi connectivity index (χ1v) is 9.32. The van der Waals surface area contributed by atoms with E-state index >= 15 is 0 Å². The van der Waals surface area contributed by atoms with Crippen molar-refractivity contribution in [2.24, 2.45) is 0 Å². The molecule has 3 rings (SSSR count). The highest BCUT2D eigenvalue weighted by Gasteiger charge is 2.27. The number of nitrogens with zero attached hydrogens (tertiary/aromatic N) is 2. The van der Waals surface area contributed by atoms with Gasteiger partial charge in [-0.3, -0.25) is 4.79 Å². The molecule has 1 amide bonds. The predicted molar refractivity (Wildman–Crippen MR) is 90.0 cm³/mol. The predicted octanol–water partition coefficient (Wildman–Crippen LogP) is 4.30. The van der Waals surface area contributed by atoms with Gasteiger partial charge < -0.3 is 5.32 Å². The first-order valence-electron chi connectivity index (χ1n) is 6.73. The average Bonchev–Trinajstić information content (AvgIpc) is 3.22. The quantitative estimate of drug-likeness (QED) is 0.755. The van der Waals surface area contributed by atoms with Gasteiger partial charge in [0.25, 0.3) is 0 Å². The molecule has 1 fully saturated rings. The Morgan fingerprint density at radius 1 is 1.38 bits per heavy atom.